The minimum absolute atomic E-state index is 0.0712. The molecule has 0 unspecified atom stereocenters. The molecule has 1 fully saturated rings. The Morgan fingerprint density at radius 3 is 2.81 bits per heavy atom. The summed E-state index contributed by atoms with van der Waals surface area (Å²) in [7, 11) is -3.53. The molecule has 0 aliphatic carbocycles. The van der Waals surface area contributed by atoms with Gasteiger partial charge in [-0.1, -0.05) is 11.2 Å². The summed E-state index contributed by atoms with van der Waals surface area (Å²) in [5, 5.41) is 11.2. The first-order chi connectivity index (χ1) is 10.0. The van der Waals surface area contributed by atoms with Gasteiger partial charge in [-0.25, -0.2) is 0 Å². The number of ether oxygens (including phenoxy) is 1. The number of hydrogen-bond donors (Lipinski definition) is 3. The van der Waals surface area contributed by atoms with Crippen LogP contribution >= 0.6 is 0 Å². The largest absolute Gasteiger partial charge is 0.485 e. The molecule has 1 aromatic carbocycles. The molecule has 1 aromatic rings. The number of nitrogens with zero attached hydrogens (tertiary/aromatic N) is 2. The number of nitrogens with one attached hydrogen (secondary N) is 1. The van der Waals surface area contributed by atoms with E-state index >= 15 is 0 Å². The first-order valence-electron chi connectivity index (χ1n) is 6.48. The van der Waals surface area contributed by atoms with Crippen LogP contribution in [0.25, 0.3) is 0 Å². The first-order valence-corrected chi connectivity index (χ1v) is 7.92. The monoisotopic (exact) mass is 314 g/mol. The zero-order valence-electron chi connectivity index (χ0n) is 11.4. The van der Waals surface area contributed by atoms with Gasteiger partial charge in [0, 0.05) is 19.2 Å². The van der Waals surface area contributed by atoms with Crippen molar-refractivity contribution in [2.45, 2.75) is 12.8 Å². The summed E-state index contributed by atoms with van der Waals surface area (Å²) in [5.74, 6) is 0.348. The fourth-order valence-corrected chi connectivity index (χ4v) is 3.27. The van der Waals surface area contributed by atoms with E-state index in [2.05, 4.69) is 9.88 Å². The lowest BCUT2D eigenvalue weighted by molar-refractivity contribution is 0.306. The Morgan fingerprint density at radius 2 is 2.14 bits per heavy atom. The second-order valence-corrected chi connectivity index (χ2v) is 6.29. The zero-order valence-corrected chi connectivity index (χ0v) is 12.2. The highest BCUT2D eigenvalue weighted by Crippen LogP contribution is 2.20. The van der Waals surface area contributed by atoms with Crippen molar-refractivity contribution < 1.29 is 18.4 Å². The van der Waals surface area contributed by atoms with Crippen molar-refractivity contribution in [3.8, 4) is 5.75 Å². The van der Waals surface area contributed by atoms with Gasteiger partial charge in [0.15, 0.2) is 5.84 Å². The number of nitrogens with two attached hydrogens (primary N) is 1. The number of anilines is 1. The van der Waals surface area contributed by atoms with Crippen molar-refractivity contribution in [3.63, 3.8) is 0 Å². The van der Waals surface area contributed by atoms with Crippen LogP contribution in [-0.2, 0) is 10.2 Å². The molecule has 4 N–H and O–H groups in total. The van der Waals surface area contributed by atoms with Crippen molar-refractivity contribution >= 4 is 21.7 Å². The predicted octanol–water partition coefficient (Wildman–Crippen LogP) is 0.564. The van der Waals surface area contributed by atoms with Crippen LogP contribution in [-0.4, -0.2) is 43.5 Å². The normalized spacial score (nSPS) is 16.9. The van der Waals surface area contributed by atoms with Gasteiger partial charge < -0.3 is 15.7 Å². The van der Waals surface area contributed by atoms with Crippen LogP contribution in [0, 0.1) is 0 Å². The van der Waals surface area contributed by atoms with Crippen molar-refractivity contribution in [1.82, 2.24) is 4.31 Å². The Bertz CT molecular complexity index is 611. The van der Waals surface area contributed by atoms with E-state index in [4.69, 9.17) is 15.7 Å². The molecular formula is C12H18N4O4S. The average Bonchev–Trinajstić information content (AvgIpc) is 2.99. The van der Waals surface area contributed by atoms with Crippen LogP contribution in [0.2, 0.25) is 0 Å². The molecule has 1 saturated heterocycles. The molecule has 0 saturated carbocycles. The van der Waals surface area contributed by atoms with Crippen LogP contribution in [0.3, 0.4) is 0 Å². The second kappa shape index (κ2) is 6.64. The molecule has 0 radical (unpaired) electrons. The predicted molar refractivity (Wildman–Crippen MR) is 78.7 cm³/mol. The van der Waals surface area contributed by atoms with Gasteiger partial charge in [0.2, 0.25) is 0 Å². The summed E-state index contributed by atoms with van der Waals surface area (Å²) < 4.78 is 33.5. The molecule has 0 bridgehead atoms. The van der Waals surface area contributed by atoms with E-state index in [1.807, 2.05) is 0 Å². The molecule has 0 aromatic heterocycles. The van der Waals surface area contributed by atoms with Crippen LogP contribution in [0.15, 0.2) is 29.4 Å². The molecule has 1 heterocycles. The van der Waals surface area contributed by atoms with Gasteiger partial charge in [-0.05, 0) is 25.0 Å². The van der Waals surface area contributed by atoms with E-state index in [1.165, 1.54) is 10.4 Å². The van der Waals surface area contributed by atoms with Crippen LogP contribution < -0.4 is 15.2 Å². The van der Waals surface area contributed by atoms with Gasteiger partial charge in [0.05, 0.1) is 5.69 Å². The smallest absolute Gasteiger partial charge is 0.301 e. The summed E-state index contributed by atoms with van der Waals surface area (Å²) in [5.41, 5.74) is 5.70. The lowest BCUT2D eigenvalue weighted by Crippen LogP contribution is -2.33. The number of hydrogen-bond acceptors (Lipinski definition) is 5. The molecule has 1 aliphatic heterocycles. The zero-order chi connectivity index (χ0) is 15.3. The number of oxime groups is 1. The molecule has 2 rings (SSSR count). The van der Waals surface area contributed by atoms with Crippen LogP contribution in [0.1, 0.15) is 12.8 Å². The Labute approximate surface area is 123 Å². The average molecular weight is 314 g/mol. The minimum Gasteiger partial charge on any atom is -0.485 e. The quantitative estimate of drug-likeness (QED) is 0.307. The highest BCUT2D eigenvalue weighted by atomic mass is 32.2. The highest BCUT2D eigenvalue weighted by Gasteiger charge is 2.25. The van der Waals surface area contributed by atoms with Gasteiger partial charge >= 0.3 is 10.2 Å². The molecule has 0 atom stereocenters. The molecule has 0 amide bonds. The standard InChI is InChI=1S/C12H18N4O4S/c13-12(14-17)9-20-11-5-3-4-10(8-11)15-21(18,19)16-6-1-2-7-16/h3-5,8,15,17H,1-2,6-7,9H2,(H2,13,14). The van der Waals surface area contributed by atoms with E-state index in [0.29, 0.717) is 24.5 Å². The summed E-state index contributed by atoms with van der Waals surface area (Å²) >= 11 is 0. The van der Waals surface area contributed by atoms with Gasteiger partial charge in [-0.15, -0.1) is 0 Å². The second-order valence-electron chi connectivity index (χ2n) is 4.62. The van der Waals surface area contributed by atoms with Gasteiger partial charge in [-0.2, -0.15) is 12.7 Å². The van der Waals surface area contributed by atoms with E-state index in [1.54, 1.807) is 18.2 Å². The maximum absolute atomic E-state index is 12.1. The number of amidine groups is 1. The molecule has 1 aliphatic rings. The van der Waals surface area contributed by atoms with E-state index in [0.717, 1.165) is 12.8 Å². The maximum atomic E-state index is 12.1. The van der Waals surface area contributed by atoms with Crippen LogP contribution in [0.4, 0.5) is 5.69 Å². The van der Waals surface area contributed by atoms with E-state index in [-0.39, 0.29) is 12.4 Å². The van der Waals surface area contributed by atoms with Crippen molar-refractivity contribution in [1.29, 1.82) is 0 Å². The molecule has 116 valence electrons. The van der Waals surface area contributed by atoms with Crippen LogP contribution in [0.5, 0.6) is 5.75 Å². The summed E-state index contributed by atoms with van der Waals surface area (Å²) in [4.78, 5) is 0. The lowest BCUT2D eigenvalue weighted by atomic mass is 10.3. The third kappa shape index (κ3) is 4.23. The fourth-order valence-electron chi connectivity index (χ4n) is 1.98. The summed E-state index contributed by atoms with van der Waals surface area (Å²) in [6.07, 6.45) is 1.76. The van der Waals surface area contributed by atoms with Crippen molar-refractivity contribution in [2.24, 2.45) is 10.9 Å². The number of rotatable bonds is 6. The molecule has 9 heteroatoms. The number of benzene rings is 1. The first kappa shape index (κ1) is 15.4. The Kier molecular flexibility index (Phi) is 4.86. The Balaban J connectivity index is 2.03. The van der Waals surface area contributed by atoms with Gasteiger partial charge in [-0.3, -0.25) is 4.72 Å². The molecular weight excluding hydrogens is 296 g/mol. The maximum Gasteiger partial charge on any atom is 0.301 e. The molecule has 8 nitrogen and oxygen atoms in total. The molecule has 21 heavy (non-hydrogen) atoms. The Hall–Kier alpha value is -2.00. The molecule has 0 spiro atoms. The van der Waals surface area contributed by atoms with E-state index < -0.39 is 10.2 Å². The lowest BCUT2D eigenvalue weighted by Gasteiger charge is -2.17. The summed E-state index contributed by atoms with van der Waals surface area (Å²) in [6, 6.07) is 6.48. The SMILES string of the molecule is N/C(COc1cccc(NS(=O)(=O)N2CCCC2)c1)=N\O. The van der Waals surface area contributed by atoms with Crippen molar-refractivity contribution in [2.75, 3.05) is 24.4 Å². The highest BCUT2D eigenvalue weighted by molar-refractivity contribution is 7.90. The minimum atomic E-state index is -3.53. The van der Waals surface area contributed by atoms with E-state index in [9.17, 15) is 8.42 Å². The summed E-state index contributed by atoms with van der Waals surface area (Å²) in [6.45, 7) is 0.989. The third-order valence-corrected chi connectivity index (χ3v) is 4.54. The fraction of sp³-hybridized carbons (Fsp3) is 0.417. The van der Waals surface area contributed by atoms with Gasteiger partial charge in [0.1, 0.15) is 12.4 Å². The Morgan fingerprint density at radius 1 is 1.43 bits per heavy atom. The third-order valence-electron chi connectivity index (χ3n) is 3.00. The topological polar surface area (TPSA) is 117 Å². The van der Waals surface area contributed by atoms with Gasteiger partial charge in [0.25, 0.3) is 0 Å². The van der Waals surface area contributed by atoms with Crippen molar-refractivity contribution in [3.05, 3.63) is 24.3 Å².